The first-order chi connectivity index (χ1) is 15.5. The Morgan fingerprint density at radius 3 is 2.65 bits per heavy atom. The summed E-state index contributed by atoms with van der Waals surface area (Å²) in [6.45, 7) is -5.42. The number of pyridine rings is 1. The van der Waals surface area contributed by atoms with E-state index in [4.69, 9.17) is 15.1 Å². The van der Waals surface area contributed by atoms with Gasteiger partial charge in [-0.05, 0) is 25.3 Å². The highest BCUT2D eigenvalue weighted by Gasteiger charge is 2.18. The maximum absolute atomic E-state index is 12.7. The number of aromatic nitrogens is 2. The molecule has 0 radical (unpaired) electrons. The van der Waals surface area contributed by atoms with Crippen LogP contribution < -0.4 is 0 Å². The van der Waals surface area contributed by atoms with E-state index in [-0.39, 0.29) is 28.2 Å². The van der Waals surface area contributed by atoms with Crippen molar-refractivity contribution in [3.63, 3.8) is 0 Å². The second-order valence-corrected chi connectivity index (χ2v) is 5.12. The van der Waals surface area contributed by atoms with Crippen molar-refractivity contribution >= 4 is 11.6 Å². The van der Waals surface area contributed by atoms with E-state index in [0.29, 0.717) is 0 Å². The van der Waals surface area contributed by atoms with Crippen LogP contribution in [0.15, 0.2) is 42.5 Å². The predicted molar refractivity (Wildman–Crippen MR) is 92.5 cm³/mol. The van der Waals surface area contributed by atoms with Gasteiger partial charge in [-0.25, -0.2) is 4.98 Å². The Balaban J connectivity index is 2.47. The van der Waals surface area contributed by atoms with Gasteiger partial charge < -0.3 is 9.30 Å². The Kier molecular flexibility index (Phi) is 1.76. The molecule has 2 aromatic heterocycles. The van der Waals surface area contributed by atoms with E-state index in [0.717, 1.165) is 4.90 Å². The van der Waals surface area contributed by atoms with Crippen LogP contribution in [-0.2, 0) is 11.2 Å². The van der Waals surface area contributed by atoms with Gasteiger partial charge in [0, 0.05) is 35.5 Å². The standard InChI is InChI=1S/C19H21N3O/c1-13-5-8-15(9-6-13)19-16(11-18(23)21(3)4)22-12-14(2)7-10-17(22)20-19/h5-10,12H,11H2,1-4H3/i1D3,2D3,5D,6D,8D,9D,11D. The van der Waals surface area contributed by atoms with Gasteiger partial charge in [-0.2, -0.15) is 0 Å². The smallest absolute Gasteiger partial charge is 0.228 e. The van der Waals surface area contributed by atoms with Gasteiger partial charge in [0.05, 0.1) is 23.3 Å². The zero-order valence-corrected chi connectivity index (χ0v) is 12.6. The van der Waals surface area contributed by atoms with E-state index in [1.807, 2.05) is 0 Å². The Morgan fingerprint density at radius 1 is 1.26 bits per heavy atom. The fourth-order valence-electron chi connectivity index (χ4n) is 2.06. The summed E-state index contributed by atoms with van der Waals surface area (Å²) >= 11 is 0. The van der Waals surface area contributed by atoms with Gasteiger partial charge in [0.2, 0.25) is 5.91 Å². The highest BCUT2D eigenvalue weighted by atomic mass is 16.2. The Morgan fingerprint density at radius 2 is 2.00 bits per heavy atom. The van der Waals surface area contributed by atoms with Gasteiger partial charge in [-0.15, -0.1) is 0 Å². The highest BCUT2D eigenvalue weighted by molar-refractivity contribution is 5.81. The zero-order chi connectivity index (χ0) is 25.9. The SMILES string of the molecule is [2H]c1c([2H])c(C([2H])([2H])[2H])c([2H])c([2H])c1-c1nc2ccc(C([2H])([2H])[2H])cn2c1C([2H])C(=O)N(C)C. The summed E-state index contributed by atoms with van der Waals surface area (Å²) in [5, 5.41) is 0. The lowest BCUT2D eigenvalue weighted by molar-refractivity contribution is -0.128. The van der Waals surface area contributed by atoms with E-state index in [1.54, 1.807) is 0 Å². The summed E-state index contributed by atoms with van der Waals surface area (Å²) in [5.74, 6) is -0.697. The maximum Gasteiger partial charge on any atom is 0.228 e. The van der Waals surface area contributed by atoms with E-state index < -0.39 is 55.7 Å². The van der Waals surface area contributed by atoms with Gasteiger partial charge in [-0.1, -0.05) is 35.8 Å². The third-order valence-electron chi connectivity index (χ3n) is 3.22. The number of hydrogen-bond donors (Lipinski definition) is 0. The van der Waals surface area contributed by atoms with Crippen LogP contribution in [0.2, 0.25) is 0 Å². The van der Waals surface area contributed by atoms with E-state index in [2.05, 4.69) is 4.98 Å². The minimum Gasteiger partial charge on any atom is -0.348 e. The molecule has 4 heteroatoms. The van der Waals surface area contributed by atoms with Crippen LogP contribution in [0.4, 0.5) is 0 Å². The third-order valence-corrected chi connectivity index (χ3v) is 3.22. The predicted octanol–water partition coefficient (Wildman–Crippen LogP) is 3.25. The molecule has 0 aliphatic heterocycles. The number of benzene rings is 1. The summed E-state index contributed by atoms with van der Waals surface area (Å²) in [4.78, 5) is 18.1. The molecule has 0 saturated heterocycles. The van der Waals surface area contributed by atoms with Gasteiger partial charge in [0.25, 0.3) is 0 Å². The van der Waals surface area contributed by atoms with Crippen molar-refractivity contribution in [2.24, 2.45) is 0 Å². The summed E-state index contributed by atoms with van der Waals surface area (Å²) in [6.07, 6.45) is -0.470. The fraction of sp³-hybridized carbons (Fsp3) is 0.263. The number of fused-ring (bicyclic) bond motifs is 1. The van der Waals surface area contributed by atoms with Crippen LogP contribution in [0.3, 0.4) is 0 Å². The van der Waals surface area contributed by atoms with Crippen LogP contribution in [0.1, 0.15) is 31.9 Å². The highest BCUT2D eigenvalue weighted by Crippen LogP contribution is 2.26. The van der Waals surface area contributed by atoms with Crippen molar-refractivity contribution < 1.29 is 19.9 Å². The van der Waals surface area contributed by atoms with Crippen LogP contribution in [-0.4, -0.2) is 34.3 Å². The van der Waals surface area contributed by atoms with E-state index in [9.17, 15) is 4.79 Å². The molecule has 1 atom stereocenters. The first-order valence-electron chi connectivity index (χ1n) is 12.3. The summed E-state index contributed by atoms with van der Waals surface area (Å²) in [7, 11) is 2.84. The van der Waals surface area contributed by atoms with Gasteiger partial charge in [-0.3, -0.25) is 4.79 Å². The Labute approximate surface area is 151 Å². The average molecular weight is 318 g/mol. The molecule has 0 aliphatic carbocycles. The molecular weight excluding hydrogens is 286 g/mol. The fourth-order valence-corrected chi connectivity index (χ4v) is 2.06. The quantitative estimate of drug-likeness (QED) is 0.743. The van der Waals surface area contributed by atoms with Gasteiger partial charge >= 0.3 is 0 Å². The first kappa shape index (κ1) is 6.87. The number of imidazole rings is 1. The van der Waals surface area contributed by atoms with Crippen molar-refractivity contribution in [1.29, 1.82) is 0 Å². The Hall–Kier alpha value is -2.62. The molecule has 1 aromatic carbocycles. The normalized spacial score (nSPS) is 20.3. The number of likely N-dealkylation sites (N-methyl/N-ethyl adjacent to an activating group) is 1. The lowest BCUT2D eigenvalue weighted by atomic mass is 10.1. The van der Waals surface area contributed by atoms with Crippen molar-refractivity contribution in [3.8, 4) is 11.3 Å². The molecule has 3 rings (SSSR count). The van der Waals surface area contributed by atoms with Crippen LogP contribution in [0.5, 0.6) is 0 Å². The molecule has 0 spiro atoms. The number of nitrogens with zero attached hydrogens (tertiary/aromatic N) is 3. The molecule has 0 N–H and O–H groups in total. The van der Waals surface area contributed by atoms with Crippen molar-refractivity contribution in [1.82, 2.24) is 14.3 Å². The average Bonchev–Trinajstić information content (AvgIpc) is 3.08. The molecule has 2 heterocycles. The molecule has 118 valence electrons. The molecule has 0 bridgehead atoms. The largest absolute Gasteiger partial charge is 0.348 e. The summed E-state index contributed by atoms with van der Waals surface area (Å²) < 4.78 is 88.7. The van der Waals surface area contributed by atoms with Gasteiger partial charge in [0.1, 0.15) is 5.65 Å². The first-order valence-corrected chi connectivity index (χ1v) is 6.75. The molecule has 0 fully saturated rings. The minimum atomic E-state index is -2.91. The lowest BCUT2D eigenvalue weighted by Gasteiger charge is -2.11. The van der Waals surface area contributed by atoms with Crippen LogP contribution >= 0.6 is 0 Å². The topological polar surface area (TPSA) is 37.6 Å². The van der Waals surface area contributed by atoms with Crippen LogP contribution in [0, 0.1) is 13.7 Å². The monoisotopic (exact) mass is 318 g/mol. The van der Waals surface area contributed by atoms with E-state index >= 15 is 0 Å². The molecule has 1 amide bonds. The second-order valence-electron chi connectivity index (χ2n) is 5.12. The summed E-state index contributed by atoms with van der Waals surface area (Å²) in [5.41, 5.74) is -1.55. The third kappa shape index (κ3) is 2.97. The number of amides is 1. The van der Waals surface area contributed by atoms with Crippen molar-refractivity contribution in [2.75, 3.05) is 14.1 Å². The number of aryl methyl sites for hydroxylation is 1. The number of carbonyl (C=O) groups is 1. The maximum atomic E-state index is 12.7. The van der Waals surface area contributed by atoms with E-state index in [1.165, 1.54) is 36.8 Å². The summed E-state index contributed by atoms with van der Waals surface area (Å²) in [6, 6.07) is -0.336. The molecule has 1 unspecified atom stereocenters. The molecule has 0 saturated carbocycles. The van der Waals surface area contributed by atoms with Crippen LogP contribution in [0.25, 0.3) is 16.9 Å². The lowest BCUT2D eigenvalue weighted by Crippen LogP contribution is -2.24. The number of carbonyl (C=O) groups excluding carboxylic acids is 1. The van der Waals surface area contributed by atoms with Crippen molar-refractivity contribution in [3.05, 3.63) is 59.3 Å². The Bertz CT molecular complexity index is 1260. The zero-order valence-electron chi connectivity index (χ0n) is 23.6. The molecule has 3 aromatic rings. The molecule has 23 heavy (non-hydrogen) atoms. The second kappa shape index (κ2) is 5.88. The molecule has 4 nitrogen and oxygen atoms in total. The number of rotatable bonds is 3. The number of hydrogen-bond acceptors (Lipinski definition) is 2. The van der Waals surface area contributed by atoms with Gasteiger partial charge in [0.15, 0.2) is 0 Å². The minimum absolute atomic E-state index is 0.105. The molecular formula is C19H21N3O. The molecule has 0 aliphatic rings. The van der Waals surface area contributed by atoms with Crippen molar-refractivity contribution in [2.45, 2.75) is 20.1 Å².